The Morgan fingerprint density at radius 2 is 1.76 bits per heavy atom. The van der Waals surface area contributed by atoms with Crippen LogP contribution in [0.25, 0.3) is 0 Å². The maximum atomic E-state index is 13.2. The molecule has 42 heavy (non-hydrogen) atoms. The van der Waals surface area contributed by atoms with Crippen LogP contribution in [0.1, 0.15) is 69.2 Å². The van der Waals surface area contributed by atoms with Crippen LogP contribution in [-0.4, -0.2) is 43.2 Å². The van der Waals surface area contributed by atoms with Gasteiger partial charge in [0, 0.05) is 24.5 Å². The molecule has 2 aromatic carbocycles. The fraction of sp³-hybridized carbons (Fsp3) is 0.517. The van der Waals surface area contributed by atoms with Crippen molar-refractivity contribution < 1.29 is 36.8 Å². The maximum absolute atomic E-state index is 13.2. The highest BCUT2D eigenvalue weighted by Gasteiger charge is 2.51. The molecule has 13 heteroatoms. The first-order valence-electron chi connectivity index (χ1n) is 13.9. The number of carbonyl (C=O) groups is 1. The summed E-state index contributed by atoms with van der Waals surface area (Å²) in [6.45, 7) is 6.70. The van der Waals surface area contributed by atoms with Crippen LogP contribution in [0.2, 0.25) is 0 Å². The molecule has 1 amide bonds. The van der Waals surface area contributed by atoms with Crippen LogP contribution in [0.5, 0.6) is 5.75 Å². The van der Waals surface area contributed by atoms with Crippen LogP contribution in [0.15, 0.2) is 58.4 Å². The van der Waals surface area contributed by atoms with E-state index < -0.39 is 23.8 Å². The molecule has 8 nitrogen and oxygen atoms in total. The summed E-state index contributed by atoms with van der Waals surface area (Å²) in [4.78, 5) is 22.5. The first-order chi connectivity index (χ1) is 19.8. The molecule has 0 spiro atoms. The van der Waals surface area contributed by atoms with Crippen molar-refractivity contribution in [1.29, 1.82) is 0 Å². The van der Waals surface area contributed by atoms with Gasteiger partial charge in [-0.05, 0) is 62.7 Å². The summed E-state index contributed by atoms with van der Waals surface area (Å²) in [5.74, 6) is -0.0816. The van der Waals surface area contributed by atoms with Crippen molar-refractivity contribution in [2.75, 3.05) is 19.9 Å². The van der Waals surface area contributed by atoms with Crippen LogP contribution in [0, 0.1) is 6.92 Å². The Bertz CT molecular complexity index is 1240. The number of hydroxylamine groups is 1. The van der Waals surface area contributed by atoms with Gasteiger partial charge in [-0.25, -0.2) is 4.99 Å². The topological polar surface area (TPSA) is 112 Å². The van der Waals surface area contributed by atoms with Crippen molar-refractivity contribution in [1.82, 2.24) is 5.48 Å². The number of nitrogens with zero attached hydrogens (tertiary/aromatic N) is 1. The molecule has 2 aliphatic heterocycles. The third-order valence-corrected chi connectivity index (χ3v) is 12.9. The Morgan fingerprint density at radius 3 is 2.33 bits per heavy atom. The number of ether oxygens (including phenoxy) is 2. The van der Waals surface area contributed by atoms with Gasteiger partial charge in [-0.15, -0.1) is 18.7 Å². The largest absolute Gasteiger partial charge is 0.573 e. The average Bonchev–Trinajstić information content (AvgIpc) is 3.41. The number of hydrogen-bond acceptors (Lipinski definition) is 8. The molecule has 3 N–H and O–H groups in total. The summed E-state index contributed by atoms with van der Waals surface area (Å²) in [7, 11) is 0. The highest BCUT2D eigenvalue weighted by Crippen LogP contribution is 2.70. The molecule has 0 bridgehead atoms. The number of nitrogens with two attached hydrogens (primary N) is 1. The lowest BCUT2D eigenvalue weighted by Crippen LogP contribution is -2.47. The number of hydrogen-bond donors (Lipinski definition) is 2. The number of aryl methyl sites for hydroxylation is 1. The number of aliphatic imine (C=N–C) groups is 1. The molecular formula is C29H39F3N3O5PS. The standard InChI is InChI=1S/C15H19F3N2O2.C14H20NO3PS/c1-2-3-4-5-6-13-19-14(20-22-13)11-7-9-12(10-8-11)21-15(16,17)18;1-11-3-5-12(6-4-11)20-19(2,17)14(13(15)16)7-9-18-10-8-14/h7-10,14,20H,2-6H2,1H3;3-6H,7-10H2,1-2H3,(H2,15,16). The second-order valence-corrected chi connectivity index (χ2v) is 16.2. The highest BCUT2D eigenvalue weighted by molar-refractivity contribution is 8.58. The first-order valence-corrected chi connectivity index (χ1v) is 17.5. The zero-order valence-corrected chi connectivity index (χ0v) is 25.8. The number of benzene rings is 2. The van der Waals surface area contributed by atoms with E-state index in [9.17, 15) is 22.5 Å². The SMILES string of the molecule is CCCCCCC1=NC(c2ccc(OC(F)(F)F)cc2)NO1.Cc1ccc(SP(C)(=O)C2(C(N)=O)CCOCC2)cc1. The summed E-state index contributed by atoms with van der Waals surface area (Å²) in [6, 6.07) is 13.4. The van der Waals surface area contributed by atoms with Gasteiger partial charge in [0.05, 0.1) is 0 Å². The number of amides is 1. The molecule has 0 radical (unpaired) electrons. The summed E-state index contributed by atoms with van der Waals surface area (Å²) in [6.07, 6.45) is -1.76. The summed E-state index contributed by atoms with van der Waals surface area (Å²) in [5, 5.41) is -0.944. The minimum absolute atomic E-state index is 0.251. The van der Waals surface area contributed by atoms with E-state index >= 15 is 0 Å². The second-order valence-electron chi connectivity index (χ2n) is 10.3. The van der Waals surface area contributed by atoms with Gasteiger partial charge in [0.25, 0.3) is 0 Å². The smallest absolute Gasteiger partial charge is 0.406 e. The van der Waals surface area contributed by atoms with E-state index in [0.29, 0.717) is 32.0 Å². The molecule has 0 saturated carbocycles. The molecular weight excluding hydrogens is 590 g/mol. The van der Waals surface area contributed by atoms with Gasteiger partial charge in [-0.3, -0.25) is 4.79 Å². The molecule has 2 aliphatic rings. The molecule has 0 aliphatic carbocycles. The van der Waals surface area contributed by atoms with Crippen LogP contribution in [-0.2, 0) is 18.9 Å². The molecule has 0 aromatic heterocycles. The van der Waals surface area contributed by atoms with Crippen LogP contribution < -0.4 is 16.0 Å². The number of unbranched alkanes of at least 4 members (excludes halogenated alkanes) is 3. The Kier molecular flexibility index (Phi) is 12.4. The maximum Gasteiger partial charge on any atom is 0.573 e. The monoisotopic (exact) mass is 629 g/mol. The van der Waals surface area contributed by atoms with Crippen LogP contribution >= 0.6 is 17.7 Å². The van der Waals surface area contributed by atoms with Gasteiger partial charge in [0.2, 0.25) is 11.8 Å². The van der Waals surface area contributed by atoms with Crippen molar-refractivity contribution in [2.24, 2.45) is 10.7 Å². The van der Waals surface area contributed by atoms with E-state index in [4.69, 9.17) is 15.3 Å². The summed E-state index contributed by atoms with van der Waals surface area (Å²) >= 11 is 1.29. The van der Waals surface area contributed by atoms with E-state index in [1.54, 1.807) is 6.66 Å². The number of halogens is 3. The molecule has 2 aromatic rings. The van der Waals surface area contributed by atoms with Crippen molar-refractivity contribution in [3.05, 3.63) is 59.7 Å². The van der Waals surface area contributed by atoms with Gasteiger partial charge < -0.3 is 24.6 Å². The van der Waals surface area contributed by atoms with Crippen LogP contribution in [0.4, 0.5) is 13.2 Å². The summed E-state index contributed by atoms with van der Waals surface area (Å²) in [5.41, 5.74) is 10.2. The van der Waals surface area contributed by atoms with Crippen molar-refractivity contribution in [2.45, 2.75) is 81.4 Å². The van der Waals surface area contributed by atoms with E-state index in [1.807, 2.05) is 31.2 Å². The number of rotatable bonds is 11. The molecule has 1 fully saturated rings. The Hall–Kier alpha value is -2.53. The minimum Gasteiger partial charge on any atom is -0.406 e. The van der Waals surface area contributed by atoms with E-state index in [1.165, 1.54) is 48.5 Å². The van der Waals surface area contributed by atoms with E-state index in [0.717, 1.165) is 35.3 Å². The molecule has 2 atom stereocenters. The van der Waals surface area contributed by atoms with Crippen molar-refractivity contribution in [3.8, 4) is 5.75 Å². The van der Waals surface area contributed by atoms with E-state index in [-0.39, 0.29) is 11.9 Å². The Balaban J connectivity index is 0.000000231. The predicted molar refractivity (Wildman–Crippen MR) is 159 cm³/mol. The van der Waals surface area contributed by atoms with Gasteiger partial charge >= 0.3 is 6.36 Å². The fourth-order valence-corrected chi connectivity index (χ4v) is 9.73. The lowest BCUT2D eigenvalue weighted by atomic mass is 9.98. The number of nitrogens with one attached hydrogen (secondary N) is 1. The molecule has 2 unspecified atom stereocenters. The fourth-order valence-electron chi connectivity index (χ4n) is 4.58. The lowest BCUT2D eigenvalue weighted by Gasteiger charge is -2.38. The average molecular weight is 630 g/mol. The van der Waals surface area contributed by atoms with Crippen LogP contribution in [0.3, 0.4) is 0 Å². The molecule has 1 saturated heterocycles. The zero-order chi connectivity index (χ0) is 30.8. The Labute approximate surface area is 249 Å². The molecule has 2 heterocycles. The lowest BCUT2D eigenvalue weighted by molar-refractivity contribution is -0.274. The van der Waals surface area contributed by atoms with Crippen molar-refractivity contribution >= 4 is 29.5 Å². The minimum atomic E-state index is -4.68. The number of carbonyl (C=O) groups excluding carboxylic acids is 1. The zero-order valence-electron chi connectivity index (χ0n) is 24.1. The predicted octanol–water partition coefficient (Wildman–Crippen LogP) is 7.52. The van der Waals surface area contributed by atoms with E-state index in [2.05, 4.69) is 22.1 Å². The third-order valence-electron chi connectivity index (χ3n) is 7.09. The Morgan fingerprint density at radius 1 is 1.12 bits per heavy atom. The molecule has 4 rings (SSSR count). The summed E-state index contributed by atoms with van der Waals surface area (Å²) < 4.78 is 58.6. The van der Waals surface area contributed by atoms with Gasteiger partial charge in [-0.2, -0.15) is 0 Å². The second kappa shape index (κ2) is 15.3. The van der Waals surface area contributed by atoms with Crippen molar-refractivity contribution in [3.63, 3.8) is 0 Å². The van der Waals surface area contributed by atoms with Gasteiger partial charge in [0.1, 0.15) is 10.9 Å². The van der Waals surface area contributed by atoms with Gasteiger partial charge in [-0.1, -0.05) is 67.4 Å². The molecule has 232 valence electrons. The highest BCUT2D eigenvalue weighted by atomic mass is 32.7. The first kappa shape index (κ1) is 34.0. The van der Waals surface area contributed by atoms with Gasteiger partial charge in [0.15, 0.2) is 12.5 Å². The normalized spacial score (nSPS) is 19.5. The third kappa shape index (κ3) is 9.76. The number of alkyl halides is 3. The number of primary amides is 1. The quantitative estimate of drug-likeness (QED) is 0.195.